The number of amides is 1. The Morgan fingerprint density at radius 1 is 1.27 bits per heavy atom. The van der Waals surface area contributed by atoms with Crippen LogP contribution in [0.25, 0.3) is 0 Å². The zero-order chi connectivity index (χ0) is 10.8. The second-order valence-electron chi connectivity index (χ2n) is 4.20. The summed E-state index contributed by atoms with van der Waals surface area (Å²) < 4.78 is 0. The summed E-state index contributed by atoms with van der Waals surface area (Å²) in [5.41, 5.74) is 1.39. The lowest BCUT2D eigenvalue weighted by molar-refractivity contribution is -0.119. The van der Waals surface area contributed by atoms with Crippen LogP contribution in [0.3, 0.4) is 0 Å². The van der Waals surface area contributed by atoms with Gasteiger partial charge in [0.25, 0.3) is 0 Å². The highest BCUT2D eigenvalue weighted by molar-refractivity contribution is 6.38. The molecule has 1 heterocycles. The van der Waals surface area contributed by atoms with Crippen molar-refractivity contribution in [2.45, 2.75) is 18.3 Å². The Labute approximate surface area is 97.8 Å². The van der Waals surface area contributed by atoms with E-state index in [-0.39, 0.29) is 11.3 Å². The van der Waals surface area contributed by atoms with Gasteiger partial charge in [0, 0.05) is 17.6 Å². The molecule has 0 bridgehead atoms. The van der Waals surface area contributed by atoms with Crippen molar-refractivity contribution in [2.75, 3.05) is 11.9 Å². The summed E-state index contributed by atoms with van der Waals surface area (Å²) in [6.45, 7) is 0. The summed E-state index contributed by atoms with van der Waals surface area (Å²) in [5.74, 6) is 0.132. The molecule has 2 aliphatic rings. The maximum absolute atomic E-state index is 12.1. The molecule has 0 atom stereocenters. The Hall–Kier alpha value is -0.730. The molecule has 1 fully saturated rings. The van der Waals surface area contributed by atoms with Crippen molar-refractivity contribution in [3.8, 4) is 0 Å². The summed E-state index contributed by atoms with van der Waals surface area (Å²) in [5, 5.41) is 1.26. The van der Waals surface area contributed by atoms with Crippen molar-refractivity contribution in [1.29, 1.82) is 0 Å². The van der Waals surface area contributed by atoms with E-state index in [0.717, 1.165) is 24.1 Å². The second-order valence-corrected chi connectivity index (χ2v) is 5.01. The third-order valence-electron chi connectivity index (χ3n) is 3.36. The third-order valence-corrected chi connectivity index (χ3v) is 3.98. The van der Waals surface area contributed by atoms with E-state index in [1.54, 1.807) is 24.1 Å². The van der Waals surface area contributed by atoms with Gasteiger partial charge in [-0.2, -0.15) is 0 Å². The second kappa shape index (κ2) is 2.69. The van der Waals surface area contributed by atoms with Crippen LogP contribution in [0.5, 0.6) is 0 Å². The number of nitrogens with zero attached hydrogens (tertiary/aromatic N) is 1. The predicted octanol–water partition coefficient (Wildman–Crippen LogP) is 3.00. The van der Waals surface area contributed by atoms with Crippen LogP contribution in [0.2, 0.25) is 10.0 Å². The molecular formula is C11H9Cl2NO. The molecule has 1 aliphatic carbocycles. The third kappa shape index (κ3) is 0.990. The van der Waals surface area contributed by atoms with Gasteiger partial charge in [-0.1, -0.05) is 23.2 Å². The van der Waals surface area contributed by atoms with Gasteiger partial charge >= 0.3 is 0 Å². The molecule has 4 heteroatoms. The Morgan fingerprint density at radius 2 is 1.87 bits per heavy atom. The highest BCUT2D eigenvalue weighted by atomic mass is 35.5. The lowest BCUT2D eigenvalue weighted by Gasteiger charge is -2.11. The summed E-state index contributed by atoms with van der Waals surface area (Å²) in [4.78, 5) is 13.7. The minimum Gasteiger partial charge on any atom is -0.313 e. The van der Waals surface area contributed by atoms with Crippen LogP contribution in [0, 0.1) is 0 Å². The highest BCUT2D eigenvalue weighted by Gasteiger charge is 2.59. The van der Waals surface area contributed by atoms with Gasteiger partial charge in [-0.25, -0.2) is 0 Å². The highest BCUT2D eigenvalue weighted by Crippen LogP contribution is 2.60. The van der Waals surface area contributed by atoms with E-state index >= 15 is 0 Å². The number of hydrogen-bond donors (Lipinski definition) is 0. The number of benzene rings is 1. The zero-order valence-electron chi connectivity index (χ0n) is 8.18. The zero-order valence-corrected chi connectivity index (χ0v) is 9.69. The van der Waals surface area contributed by atoms with Gasteiger partial charge in [0.05, 0.1) is 16.1 Å². The SMILES string of the molecule is CN1C(=O)C2(CC2)c2c(Cl)ccc(Cl)c21. The van der Waals surface area contributed by atoms with Crippen LogP contribution in [0.1, 0.15) is 18.4 Å². The lowest BCUT2D eigenvalue weighted by atomic mass is 9.98. The van der Waals surface area contributed by atoms with Crippen LogP contribution < -0.4 is 4.90 Å². The number of hydrogen-bond acceptors (Lipinski definition) is 1. The standard InChI is InChI=1S/C11H9Cl2NO/c1-14-9-7(13)3-2-6(12)8(9)11(4-5-11)10(14)15/h2-3H,4-5H2,1H3. The Bertz CT molecular complexity index is 480. The monoisotopic (exact) mass is 241 g/mol. The van der Waals surface area contributed by atoms with Crippen LogP contribution in [0.15, 0.2) is 12.1 Å². The molecule has 1 spiro atoms. The van der Waals surface area contributed by atoms with E-state index in [9.17, 15) is 4.79 Å². The van der Waals surface area contributed by atoms with E-state index in [2.05, 4.69) is 0 Å². The summed E-state index contributed by atoms with van der Waals surface area (Å²) in [6, 6.07) is 3.52. The molecule has 0 N–H and O–H groups in total. The molecule has 78 valence electrons. The van der Waals surface area contributed by atoms with Crippen LogP contribution >= 0.6 is 23.2 Å². The number of carbonyl (C=O) groups excluding carboxylic acids is 1. The fourth-order valence-corrected chi connectivity index (χ4v) is 3.06. The van der Waals surface area contributed by atoms with Crippen molar-refractivity contribution in [3.05, 3.63) is 27.7 Å². The minimum atomic E-state index is -0.341. The molecular weight excluding hydrogens is 233 g/mol. The molecule has 1 amide bonds. The number of halogens is 2. The first kappa shape index (κ1) is 9.49. The molecule has 2 nitrogen and oxygen atoms in total. The number of fused-ring (bicyclic) bond motifs is 2. The van der Waals surface area contributed by atoms with Crippen molar-refractivity contribution in [2.24, 2.45) is 0 Å². The lowest BCUT2D eigenvalue weighted by Crippen LogP contribution is -2.28. The fraction of sp³-hybridized carbons (Fsp3) is 0.364. The summed E-state index contributed by atoms with van der Waals surface area (Å²) in [6.07, 6.45) is 1.78. The average Bonchev–Trinajstić information content (AvgIpc) is 2.96. The molecule has 0 unspecified atom stereocenters. The number of carbonyl (C=O) groups is 1. The van der Waals surface area contributed by atoms with E-state index in [0.29, 0.717) is 10.0 Å². The van der Waals surface area contributed by atoms with Crippen LogP contribution in [0.4, 0.5) is 5.69 Å². The predicted molar refractivity (Wildman–Crippen MR) is 60.8 cm³/mol. The van der Waals surface area contributed by atoms with Crippen molar-refractivity contribution >= 4 is 34.8 Å². The molecule has 0 radical (unpaired) electrons. The Kier molecular flexibility index (Phi) is 1.70. The van der Waals surface area contributed by atoms with Crippen molar-refractivity contribution < 1.29 is 4.79 Å². The van der Waals surface area contributed by atoms with Gasteiger partial charge in [0.2, 0.25) is 5.91 Å². The minimum absolute atomic E-state index is 0.132. The van der Waals surface area contributed by atoms with Gasteiger partial charge in [-0.3, -0.25) is 4.79 Å². The molecule has 0 saturated heterocycles. The van der Waals surface area contributed by atoms with Crippen molar-refractivity contribution in [1.82, 2.24) is 0 Å². The van der Waals surface area contributed by atoms with Crippen LogP contribution in [-0.4, -0.2) is 13.0 Å². The van der Waals surface area contributed by atoms with E-state index in [1.165, 1.54) is 0 Å². The summed E-state index contributed by atoms with van der Waals surface area (Å²) >= 11 is 12.3. The maximum Gasteiger partial charge on any atom is 0.237 e. The van der Waals surface area contributed by atoms with Gasteiger partial charge in [-0.15, -0.1) is 0 Å². The number of rotatable bonds is 0. The summed E-state index contributed by atoms with van der Waals surface area (Å²) in [7, 11) is 1.76. The van der Waals surface area contributed by atoms with E-state index in [4.69, 9.17) is 23.2 Å². The average molecular weight is 242 g/mol. The Morgan fingerprint density at radius 3 is 2.47 bits per heavy atom. The van der Waals surface area contributed by atoms with E-state index in [1.807, 2.05) is 0 Å². The number of anilines is 1. The maximum atomic E-state index is 12.1. The van der Waals surface area contributed by atoms with E-state index < -0.39 is 0 Å². The first-order valence-corrected chi connectivity index (χ1v) is 5.60. The normalized spacial score (nSPS) is 21.0. The van der Waals surface area contributed by atoms with Gasteiger partial charge in [0.15, 0.2) is 0 Å². The topological polar surface area (TPSA) is 20.3 Å². The molecule has 1 saturated carbocycles. The molecule has 1 aliphatic heterocycles. The first-order chi connectivity index (χ1) is 7.08. The molecule has 3 rings (SSSR count). The van der Waals surface area contributed by atoms with Gasteiger partial charge < -0.3 is 4.90 Å². The fourth-order valence-electron chi connectivity index (χ4n) is 2.44. The van der Waals surface area contributed by atoms with Crippen molar-refractivity contribution in [3.63, 3.8) is 0 Å². The molecule has 1 aromatic carbocycles. The number of likely N-dealkylation sites (N-methyl/N-ethyl adjacent to an activating group) is 1. The molecule has 15 heavy (non-hydrogen) atoms. The quantitative estimate of drug-likeness (QED) is 0.684. The molecule has 1 aromatic rings. The Balaban J connectivity index is 2.36. The molecule has 0 aromatic heterocycles. The smallest absolute Gasteiger partial charge is 0.237 e. The largest absolute Gasteiger partial charge is 0.313 e. The van der Waals surface area contributed by atoms with Gasteiger partial charge in [-0.05, 0) is 25.0 Å². The van der Waals surface area contributed by atoms with Gasteiger partial charge in [0.1, 0.15) is 0 Å². The van der Waals surface area contributed by atoms with Crippen LogP contribution in [-0.2, 0) is 10.2 Å². The first-order valence-electron chi connectivity index (χ1n) is 4.84.